The van der Waals surface area contributed by atoms with Gasteiger partial charge in [0, 0.05) is 45.4 Å². The van der Waals surface area contributed by atoms with Gasteiger partial charge in [-0.2, -0.15) is 0 Å². The summed E-state index contributed by atoms with van der Waals surface area (Å²) in [5.74, 6) is 0.887. The van der Waals surface area contributed by atoms with E-state index in [1.807, 2.05) is 31.3 Å². The number of hydrogen-bond donors (Lipinski definition) is 1. The van der Waals surface area contributed by atoms with Gasteiger partial charge in [-0.1, -0.05) is 13.0 Å². The molecule has 19 heavy (non-hydrogen) atoms. The maximum atomic E-state index is 4.04. The van der Waals surface area contributed by atoms with Gasteiger partial charge in [0.1, 0.15) is 5.82 Å². The van der Waals surface area contributed by atoms with Crippen molar-refractivity contribution in [1.82, 2.24) is 20.3 Å². The number of nitrogens with zero attached hydrogens (tertiary/aromatic N) is 4. The lowest BCUT2D eigenvalue weighted by Gasteiger charge is -2.08. The summed E-state index contributed by atoms with van der Waals surface area (Å²) in [5.41, 5.74) is 1.24. The summed E-state index contributed by atoms with van der Waals surface area (Å²) >= 11 is 0. The second kappa shape index (κ2) is 8.99. The molecule has 5 nitrogen and oxygen atoms in total. The van der Waals surface area contributed by atoms with Gasteiger partial charge in [-0.3, -0.25) is 9.97 Å². The fourth-order valence-electron chi connectivity index (χ4n) is 1.29. The molecule has 0 spiro atoms. The Balaban J connectivity index is 0.000000191. The number of rotatable bonds is 4. The Bertz CT molecular complexity index is 430. The second-order valence-corrected chi connectivity index (χ2v) is 4.10. The molecule has 0 bridgehead atoms. The van der Waals surface area contributed by atoms with E-state index in [1.54, 1.807) is 24.8 Å². The van der Waals surface area contributed by atoms with E-state index in [1.165, 1.54) is 5.56 Å². The second-order valence-electron chi connectivity index (χ2n) is 4.10. The normalized spacial score (nSPS) is 9.42. The molecule has 1 N–H and O–H groups in total. The van der Waals surface area contributed by atoms with Crippen molar-refractivity contribution in [2.45, 2.75) is 13.5 Å². The minimum atomic E-state index is 0.887. The highest BCUT2D eigenvalue weighted by atomic mass is 15.1. The van der Waals surface area contributed by atoms with Crippen LogP contribution in [0.5, 0.6) is 0 Å². The van der Waals surface area contributed by atoms with E-state index in [4.69, 9.17) is 0 Å². The Morgan fingerprint density at radius 3 is 2.37 bits per heavy atom. The first kappa shape index (κ1) is 15.0. The smallest absolute Gasteiger partial charge is 0.146 e. The van der Waals surface area contributed by atoms with Crippen LogP contribution in [0.4, 0.5) is 5.82 Å². The van der Waals surface area contributed by atoms with Gasteiger partial charge in [-0.15, -0.1) is 0 Å². The largest absolute Gasteiger partial charge is 0.361 e. The summed E-state index contributed by atoms with van der Waals surface area (Å²) in [5, 5.41) is 3.22. The average molecular weight is 259 g/mol. The van der Waals surface area contributed by atoms with Gasteiger partial charge in [0.2, 0.25) is 0 Å². The first-order valence-corrected chi connectivity index (χ1v) is 6.27. The number of pyridine rings is 1. The van der Waals surface area contributed by atoms with Gasteiger partial charge in [0.05, 0.1) is 6.20 Å². The van der Waals surface area contributed by atoms with Crippen molar-refractivity contribution in [3.63, 3.8) is 0 Å². The Morgan fingerprint density at radius 1 is 1.11 bits per heavy atom. The van der Waals surface area contributed by atoms with Crippen molar-refractivity contribution in [1.29, 1.82) is 0 Å². The maximum absolute atomic E-state index is 4.04. The van der Waals surface area contributed by atoms with Crippen molar-refractivity contribution in [2.75, 3.05) is 25.5 Å². The zero-order valence-corrected chi connectivity index (χ0v) is 11.7. The summed E-state index contributed by atoms with van der Waals surface area (Å²) < 4.78 is 0. The molecule has 0 amide bonds. The molecule has 0 aromatic carbocycles. The molecule has 2 aromatic rings. The molecule has 0 saturated heterocycles. The summed E-state index contributed by atoms with van der Waals surface area (Å²) in [4.78, 5) is 13.9. The fourth-order valence-corrected chi connectivity index (χ4v) is 1.29. The SMILES string of the molecule is CCNCc1cccnc1.CN(C)c1cnccn1. The van der Waals surface area contributed by atoms with Gasteiger partial charge in [-0.05, 0) is 18.2 Å². The van der Waals surface area contributed by atoms with E-state index in [9.17, 15) is 0 Å². The van der Waals surface area contributed by atoms with Gasteiger partial charge < -0.3 is 10.2 Å². The van der Waals surface area contributed by atoms with Crippen LogP contribution in [0, 0.1) is 0 Å². The molecular weight excluding hydrogens is 238 g/mol. The Kier molecular flexibility index (Phi) is 7.12. The van der Waals surface area contributed by atoms with Crippen molar-refractivity contribution in [3.8, 4) is 0 Å². The molecule has 0 aliphatic carbocycles. The summed E-state index contributed by atoms with van der Waals surface area (Å²) in [6.45, 7) is 4.02. The van der Waals surface area contributed by atoms with E-state index >= 15 is 0 Å². The fraction of sp³-hybridized carbons (Fsp3) is 0.357. The first-order chi connectivity index (χ1) is 9.24. The highest BCUT2D eigenvalue weighted by Gasteiger charge is 1.90. The molecule has 2 aromatic heterocycles. The average Bonchev–Trinajstić information content (AvgIpc) is 2.48. The zero-order valence-electron chi connectivity index (χ0n) is 11.7. The van der Waals surface area contributed by atoms with Crippen molar-refractivity contribution in [3.05, 3.63) is 48.7 Å². The minimum absolute atomic E-state index is 0.887. The lowest BCUT2D eigenvalue weighted by molar-refractivity contribution is 0.724. The minimum Gasteiger partial charge on any atom is -0.361 e. The Morgan fingerprint density at radius 2 is 1.89 bits per heavy atom. The quantitative estimate of drug-likeness (QED) is 0.906. The lowest BCUT2D eigenvalue weighted by atomic mass is 10.3. The molecule has 102 valence electrons. The van der Waals surface area contributed by atoms with Crippen LogP contribution in [0.25, 0.3) is 0 Å². The standard InChI is InChI=1S/C8H12N2.C6H9N3/c1-2-9-6-8-4-3-5-10-7-8;1-9(2)6-5-7-3-4-8-6/h3-5,7,9H,2,6H2,1H3;3-5H,1-2H3. The summed E-state index contributed by atoms with van der Waals surface area (Å²) in [6.07, 6.45) is 8.72. The van der Waals surface area contributed by atoms with E-state index in [2.05, 4.69) is 33.3 Å². The monoisotopic (exact) mass is 259 g/mol. The number of hydrogen-bond acceptors (Lipinski definition) is 5. The predicted octanol–water partition coefficient (Wildman–Crippen LogP) is 1.73. The molecule has 0 aliphatic heterocycles. The van der Waals surface area contributed by atoms with Gasteiger partial charge >= 0.3 is 0 Å². The van der Waals surface area contributed by atoms with Crippen LogP contribution in [0.3, 0.4) is 0 Å². The Labute approximate surface area is 114 Å². The van der Waals surface area contributed by atoms with Gasteiger partial charge in [0.15, 0.2) is 0 Å². The highest BCUT2D eigenvalue weighted by Crippen LogP contribution is 1.99. The molecule has 0 aliphatic rings. The molecule has 2 rings (SSSR count). The molecule has 0 fully saturated rings. The zero-order chi connectivity index (χ0) is 13.9. The van der Waals surface area contributed by atoms with Crippen LogP contribution in [-0.2, 0) is 6.54 Å². The lowest BCUT2D eigenvalue weighted by Crippen LogP contribution is -2.11. The van der Waals surface area contributed by atoms with Gasteiger partial charge in [0.25, 0.3) is 0 Å². The maximum Gasteiger partial charge on any atom is 0.146 e. The molecule has 0 radical (unpaired) electrons. The molecule has 0 unspecified atom stereocenters. The third-order valence-electron chi connectivity index (χ3n) is 2.31. The third kappa shape index (κ3) is 6.47. The van der Waals surface area contributed by atoms with Crippen molar-refractivity contribution < 1.29 is 0 Å². The topological polar surface area (TPSA) is 53.9 Å². The summed E-state index contributed by atoms with van der Waals surface area (Å²) in [7, 11) is 3.87. The van der Waals surface area contributed by atoms with E-state index in [-0.39, 0.29) is 0 Å². The number of anilines is 1. The summed E-state index contributed by atoms with van der Waals surface area (Å²) in [6, 6.07) is 4.02. The third-order valence-corrected chi connectivity index (χ3v) is 2.31. The predicted molar refractivity (Wildman–Crippen MR) is 78.0 cm³/mol. The van der Waals surface area contributed by atoms with E-state index in [0.717, 1.165) is 18.9 Å². The van der Waals surface area contributed by atoms with Crippen molar-refractivity contribution >= 4 is 5.82 Å². The van der Waals surface area contributed by atoms with Gasteiger partial charge in [-0.25, -0.2) is 4.98 Å². The first-order valence-electron chi connectivity index (χ1n) is 6.27. The van der Waals surface area contributed by atoms with E-state index < -0.39 is 0 Å². The van der Waals surface area contributed by atoms with Crippen LogP contribution in [-0.4, -0.2) is 35.6 Å². The van der Waals surface area contributed by atoms with Crippen LogP contribution in [0.15, 0.2) is 43.1 Å². The highest BCUT2D eigenvalue weighted by molar-refractivity contribution is 5.31. The Hall–Kier alpha value is -2.01. The van der Waals surface area contributed by atoms with E-state index in [0.29, 0.717) is 0 Å². The molecule has 0 atom stereocenters. The van der Waals surface area contributed by atoms with Crippen LogP contribution < -0.4 is 10.2 Å². The molecule has 5 heteroatoms. The van der Waals surface area contributed by atoms with Crippen LogP contribution in [0.1, 0.15) is 12.5 Å². The van der Waals surface area contributed by atoms with Crippen LogP contribution >= 0.6 is 0 Å². The van der Waals surface area contributed by atoms with Crippen molar-refractivity contribution in [2.24, 2.45) is 0 Å². The molecule has 0 saturated carbocycles. The number of aromatic nitrogens is 3. The van der Waals surface area contributed by atoms with Crippen LogP contribution in [0.2, 0.25) is 0 Å². The molecular formula is C14H21N5. The number of nitrogens with one attached hydrogen (secondary N) is 1. The molecule has 2 heterocycles.